The van der Waals surface area contributed by atoms with Crippen LogP contribution >= 0.6 is 11.8 Å². The number of rotatable bonds is 3. The first-order valence-corrected chi connectivity index (χ1v) is 7.65. The second-order valence-corrected chi connectivity index (χ2v) is 5.29. The van der Waals surface area contributed by atoms with Crippen LogP contribution < -0.4 is 10.1 Å². The van der Waals surface area contributed by atoms with Gasteiger partial charge in [-0.15, -0.1) is 11.8 Å². The van der Waals surface area contributed by atoms with Crippen LogP contribution in [-0.4, -0.2) is 28.6 Å². The first kappa shape index (κ1) is 13.1. The second kappa shape index (κ2) is 5.58. The van der Waals surface area contributed by atoms with Crippen molar-refractivity contribution in [2.45, 2.75) is 17.9 Å². The molecule has 3 rings (SSSR count). The summed E-state index contributed by atoms with van der Waals surface area (Å²) in [5.41, 5.74) is 1.29. The van der Waals surface area contributed by atoms with E-state index in [1.165, 1.54) is 0 Å². The lowest BCUT2D eigenvalue weighted by Crippen LogP contribution is -2.18. The van der Waals surface area contributed by atoms with Crippen LogP contribution in [0.2, 0.25) is 0 Å². The molecule has 20 heavy (non-hydrogen) atoms. The maximum Gasteiger partial charge on any atom is 0.262 e. The van der Waals surface area contributed by atoms with Gasteiger partial charge in [0.2, 0.25) is 5.88 Å². The summed E-state index contributed by atoms with van der Waals surface area (Å²) >= 11 is 1.60. The predicted molar refractivity (Wildman–Crippen MR) is 78.5 cm³/mol. The molecule has 0 atom stereocenters. The number of aromatic nitrogens is 2. The molecule has 0 aliphatic carbocycles. The molecular formula is C14H15N3O2S. The van der Waals surface area contributed by atoms with Gasteiger partial charge in [0.05, 0.1) is 18.5 Å². The third-order valence-corrected chi connectivity index (χ3v) is 3.94. The third-order valence-electron chi connectivity index (χ3n) is 3.14. The summed E-state index contributed by atoms with van der Waals surface area (Å²) in [5.74, 6) is 0.380. The van der Waals surface area contributed by atoms with E-state index >= 15 is 0 Å². The average Bonchev–Trinajstić information content (AvgIpc) is 2.92. The number of carbonyl (C=O) groups is 1. The fraction of sp³-hybridized carbons (Fsp3) is 0.286. The molecule has 0 unspecified atom stereocenters. The van der Waals surface area contributed by atoms with Crippen LogP contribution in [0.5, 0.6) is 5.88 Å². The lowest BCUT2D eigenvalue weighted by atomic mass is 10.2. The Morgan fingerprint density at radius 3 is 3.15 bits per heavy atom. The summed E-state index contributed by atoms with van der Waals surface area (Å²) < 4.78 is 7.28. The van der Waals surface area contributed by atoms with Crippen molar-refractivity contribution in [3.63, 3.8) is 0 Å². The monoisotopic (exact) mass is 289 g/mol. The zero-order valence-electron chi connectivity index (χ0n) is 11.1. The SMILES string of the molecule is CSc1ccccc1NC(=O)c1cnn2c1OCCC2. The Morgan fingerprint density at radius 1 is 1.45 bits per heavy atom. The van der Waals surface area contributed by atoms with E-state index in [9.17, 15) is 4.79 Å². The summed E-state index contributed by atoms with van der Waals surface area (Å²) in [6.45, 7) is 1.43. The van der Waals surface area contributed by atoms with Gasteiger partial charge in [-0.2, -0.15) is 5.10 Å². The van der Waals surface area contributed by atoms with Crippen molar-refractivity contribution in [1.29, 1.82) is 0 Å². The number of amides is 1. The van der Waals surface area contributed by atoms with Crippen molar-refractivity contribution in [1.82, 2.24) is 9.78 Å². The topological polar surface area (TPSA) is 56.2 Å². The Hall–Kier alpha value is -1.95. The molecule has 1 amide bonds. The van der Waals surface area contributed by atoms with E-state index in [1.54, 1.807) is 22.6 Å². The number of aryl methyl sites for hydroxylation is 1. The van der Waals surface area contributed by atoms with Crippen LogP contribution in [0.3, 0.4) is 0 Å². The fourth-order valence-corrected chi connectivity index (χ4v) is 2.72. The Balaban J connectivity index is 1.85. The normalized spacial score (nSPS) is 13.4. The van der Waals surface area contributed by atoms with E-state index in [4.69, 9.17) is 4.74 Å². The molecule has 1 aromatic heterocycles. The number of ether oxygens (including phenoxy) is 1. The fourth-order valence-electron chi connectivity index (χ4n) is 2.16. The highest BCUT2D eigenvalue weighted by molar-refractivity contribution is 7.98. The van der Waals surface area contributed by atoms with E-state index in [1.807, 2.05) is 30.5 Å². The lowest BCUT2D eigenvalue weighted by molar-refractivity contribution is 0.102. The van der Waals surface area contributed by atoms with E-state index < -0.39 is 0 Å². The third kappa shape index (κ3) is 2.38. The van der Waals surface area contributed by atoms with Gasteiger partial charge in [-0.05, 0) is 18.4 Å². The maximum absolute atomic E-state index is 12.4. The number of fused-ring (bicyclic) bond motifs is 1. The van der Waals surface area contributed by atoms with Crippen molar-refractivity contribution in [3.05, 3.63) is 36.0 Å². The van der Waals surface area contributed by atoms with Crippen LogP contribution in [-0.2, 0) is 6.54 Å². The zero-order valence-corrected chi connectivity index (χ0v) is 11.9. The van der Waals surface area contributed by atoms with Gasteiger partial charge in [0.15, 0.2) is 0 Å². The minimum atomic E-state index is -0.186. The Kier molecular flexibility index (Phi) is 3.64. The molecule has 0 radical (unpaired) electrons. The predicted octanol–water partition coefficient (Wildman–Crippen LogP) is 2.64. The minimum Gasteiger partial charge on any atom is -0.477 e. The molecule has 1 aliphatic heterocycles. The molecule has 0 saturated carbocycles. The number of benzene rings is 1. The van der Waals surface area contributed by atoms with Crippen molar-refractivity contribution in [3.8, 4) is 5.88 Å². The van der Waals surface area contributed by atoms with Crippen molar-refractivity contribution in [2.24, 2.45) is 0 Å². The zero-order chi connectivity index (χ0) is 13.9. The maximum atomic E-state index is 12.4. The molecule has 1 N–H and O–H groups in total. The first-order chi connectivity index (χ1) is 9.79. The van der Waals surface area contributed by atoms with Gasteiger partial charge in [0, 0.05) is 17.9 Å². The Labute approximate surface area is 121 Å². The highest BCUT2D eigenvalue weighted by Crippen LogP contribution is 2.27. The number of anilines is 1. The van der Waals surface area contributed by atoms with Gasteiger partial charge in [-0.25, -0.2) is 4.68 Å². The largest absolute Gasteiger partial charge is 0.477 e. The van der Waals surface area contributed by atoms with Crippen LogP contribution in [0.1, 0.15) is 16.8 Å². The highest BCUT2D eigenvalue weighted by atomic mass is 32.2. The lowest BCUT2D eigenvalue weighted by Gasteiger charge is -2.16. The second-order valence-electron chi connectivity index (χ2n) is 4.44. The van der Waals surface area contributed by atoms with E-state index in [2.05, 4.69) is 10.4 Å². The van der Waals surface area contributed by atoms with Crippen LogP contribution in [0.4, 0.5) is 5.69 Å². The van der Waals surface area contributed by atoms with Crippen LogP contribution in [0.25, 0.3) is 0 Å². The van der Waals surface area contributed by atoms with Crippen LogP contribution in [0, 0.1) is 0 Å². The first-order valence-electron chi connectivity index (χ1n) is 6.42. The molecule has 0 fully saturated rings. The molecule has 1 aliphatic rings. The van der Waals surface area contributed by atoms with Crippen LogP contribution in [0.15, 0.2) is 35.4 Å². The van der Waals surface area contributed by atoms with Crippen molar-refractivity contribution >= 4 is 23.4 Å². The quantitative estimate of drug-likeness (QED) is 0.883. The molecule has 1 aromatic carbocycles. The molecule has 104 valence electrons. The number of thioether (sulfide) groups is 1. The number of hydrogen-bond acceptors (Lipinski definition) is 4. The standard InChI is InChI=1S/C14H15N3O2S/c1-20-12-6-3-2-5-11(12)16-13(18)10-9-15-17-7-4-8-19-14(10)17/h2-3,5-6,9H,4,7-8H2,1H3,(H,16,18). The highest BCUT2D eigenvalue weighted by Gasteiger charge is 2.22. The summed E-state index contributed by atoms with van der Waals surface area (Å²) in [4.78, 5) is 13.4. The average molecular weight is 289 g/mol. The number of para-hydroxylation sites is 1. The summed E-state index contributed by atoms with van der Waals surface area (Å²) in [5, 5.41) is 7.11. The Morgan fingerprint density at radius 2 is 2.30 bits per heavy atom. The number of nitrogens with zero attached hydrogens (tertiary/aromatic N) is 2. The van der Waals surface area contributed by atoms with Gasteiger partial charge in [-0.3, -0.25) is 4.79 Å². The summed E-state index contributed by atoms with van der Waals surface area (Å²) in [6.07, 6.45) is 4.47. The number of carbonyl (C=O) groups excluding carboxylic acids is 1. The Bertz CT molecular complexity index is 639. The number of hydrogen-bond donors (Lipinski definition) is 1. The molecule has 0 saturated heterocycles. The minimum absolute atomic E-state index is 0.186. The molecule has 0 spiro atoms. The van der Waals surface area contributed by atoms with Gasteiger partial charge in [0.1, 0.15) is 5.56 Å². The summed E-state index contributed by atoms with van der Waals surface area (Å²) in [6, 6.07) is 7.72. The number of nitrogens with one attached hydrogen (secondary N) is 1. The van der Waals surface area contributed by atoms with E-state index in [0.717, 1.165) is 23.5 Å². The molecular weight excluding hydrogens is 274 g/mol. The molecule has 0 bridgehead atoms. The van der Waals surface area contributed by atoms with E-state index in [0.29, 0.717) is 18.1 Å². The molecule has 2 aromatic rings. The van der Waals surface area contributed by atoms with Gasteiger partial charge < -0.3 is 10.1 Å². The van der Waals surface area contributed by atoms with Gasteiger partial charge in [0.25, 0.3) is 5.91 Å². The summed E-state index contributed by atoms with van der Waals surface area (Å²) in [7, 11) is 0. The van der Waals surface area contributed by atoms with Crippen molar-refractivity contribution < 1.29 is 9.53 Å². The van der Waals surface area contributed by atoms with E-state index in [-0.39, 0.29) is 5.91 Å². The van der Waals surface area contributed by atoms with Gasteiger partial charge in [-0.1, -0.05) is 12.1 Å². The smallest absolute Gasteiger partial charge is 0.262 e. The van der Waals surface area contributed by atoms with Gasteiger partial charge >= 0.3 is 0 Å². The molecule has 6 heteroatoms. The molecule has 5 nitrogen and oxygen atoms in total. The van der Waals surface area contributed by atoms with Crippen molar-refractivity contribution in [2.75, 3.05) is 18.2 Å². The molecule has 2 heterocycles.